The molecular formula is C17H16BrN3S. The van der Waals surface area contributed by atoms with Crippen molar-refractivity contribution in [3.63, 3.8) is 0 Å². The van der Waals surface area contributed by atoms with Crippen molar-refractivity contribution in [2.24, 2.45) is 10.8 Å². The molecule has 5 heteroatoms. The number of hydrogen-bond donors (Lipinski definition) is 2. The van der Waals surface area contributed by atoms with Crippen LogP contribution in [0.4, 0.5) is 0 Å². The SMILES string of the molecule is CC(=NNC(N)=S)C(=Cc1ccc(Br)cc1)c1ccccc1. The van der Waals surface area contributed by atoms with Gasteiger partial charge in [-0.25, -0.2) is 0 Å². The van der Waals surface area contributed by atoms with E-state index in [2.05, 4.69) is 32.5 Å². The first kappa shape index (κ1) is 16.4. The molecule has 2 rings (SSSR count). The highest BCUT2D eigenvalue weighted by molar-refractivity contribution is 9.10. The maximum Gasteiger partial charge on any atom is 0.184 e. The van der Waals surface area contributed by atoms with Gasteiger partial charge in [0.2, 0.25) is 0 Å². The lowest BCUT2D eigenvalue weighted by molar-refractivity contribution is 1.03. The first-order chi connectivity index (χ1) is 10.6. The predicted octanol–water partition coefficient (Wildman–Crippen LogP) is 4.20. The average molecular weight is 374 g/mol. The van der Waals surface area contributed by atoms with Crippen molar-refractivity contribution >= 4 is 50.6 Å². The molecule has 0 radical (unpaired) electrons. The molecule has 2 aromatic rings. The largest absolute Gasteiger partial charge is 0.375 e. The number of thiocarbonyl (C=S) groups is 1. The normalized spacial score (nSPS) is 12.1. The van der Waals surface area contributed by atoms with Crippen LogP contribution in [0, 0.1) is 0 Å². The lowest BCUT2D eigenvalue weighted by Crippen LogP contribution is -2.25. The Morgan fingerprint density at radius 1 is 1.14 bits per heavy atom. The number of benzene rings is 2. The number of halogens is 1. The highest BCUT2D eigenvalue weighted by Crippen LogP contribution is 2.21. The van der Waals surface area contributed by atoms with Crippen LogP contribution in [0.2, 0.25) is 0 Å². The van der Waals surface area contributed by atoms with E-state index < -0.39 is 0 Å². The van der Waals surface area contributed by atoms with Gasteiger partial charge in [-0.1, -0.05) is 58.4 Å². The summed E-state index contributed by atoms with van der Waals surface area (Å²) in [5, 5.41) is 4.39. The molecule has 0 saturated carbocycles. The lowest BCUT2D eigenvalue weighted by atomic mass is 9.99. The molecule has 0 spiro atoms. The Balaban J connectivity index is 2.43. The van der Waals surface area contributed by atoms with E-state index in [0.717, 1.165) is 26.9 Å². The van der Waals surface area contributed by atoms with Gasteiger partial charge >= 0.3 is 0 Å². The molecule has 0 saturated heterocycles. The topological polar surface area (TPSA) is 50.4 Å². The third-order valence-electron chi connectivity index (χ3n) is 2.99. The first-order valence-electron chi connectivity index (χ1n) is 6.69. The summed E-state index contributed by atoms with van der Waals surface area (Å²) in [5.41, 5.74) is 12.1. The minimum Gasteiger partial charge on any atom is -0.375 e. The summed E-state index contributed by atoms with van der Waals surface area (Å²) in [7, 11) is 0. The molecule has 0 aliphatic rings. The number of rotatable bonds is 4. The van der Waals surface area contributed by atoms with Crippen LogP contribution in [0.1, 0.15) is 18.1 Å². The van der Waals surface area contributed by atoms with Gasteiger partial charge < -0.3 is 5.73 Å². The van der Waals surface area contributed by atoms with Gasteiger partial charge in [0.1, 0.15) is 0 Å². The highest BCUT2D eigenvalue weighted by atomic mass is 79.9. The van der Waals surface area contributed by atoms with Gasteiger partial charge in [0.05, 0.1) is 5.71 Å². The number of allylic oxidation sites excluding steroid dienone is 1. The van der Waals surface area contributed by atoms with E-state index in [4.69, 9.17) is 18.0 Å². The maximum atomic E-state index is 5.44. The van der Waals surface area contributed by atoms with Crippen molar-refractivity contribution in [2.75, 3.05) is 0 Å². The Morgan fingerprint density at radius 3 is 2.36 bits per heavy atom. The van der Waals surface area contributed by atoms with Crippen molar-refractivity contribution in [1.29, 1.82) is 0 Å². The van der Waals surface area contributed by atoms with Crippen molar-refractivity contribution in [1.82, 2.24) is 5.43 Å². The van der Waals surface area contributed by atoms with Gasteiger partial charge in [-0.2, -0.15) is 5.10 Å². The number of nitrogens with zero attached hydrogens (tertiary/aromatic N) is 1. The fourth-order valence-corrected chi connectivity index (χ4v) is 2.25. The summed E-state index contributed by atoms with van der Waals surface area (Å²) in [6, 6.07) is 18.2. The molecule has 0 aliphatic heterocycles. The Kier molecular flexibility index (Phi) is 5.86. The van der Waals surface area contributed by atoms with Crippen LogP contribution in [0.3, 0.4) is 0 Å². The third kappa shape index (κ3) is 4.79. The van der Waals surface area contributed by atoms with E-state index in [0.29, 0.717) is 0 Å². The minimum atomic E-state index is 0.149. The zero-order valence-electron chi connectivity index (χ0n) is 12.1. The van der Waals surface area contributed by atoms with E-state index >= 15 is 0 Å². The molecule has 3 nitrogen and oxygen atoms in total. The van der Waals surface area contributed by atoms with Crippen LogP contribution in [0.15, 0.2) is 64.2 Å². The summed E-state index contributed by atoms with van der Waals surface area (Å²) in [5.74, 6) is 0. The van der Waals surface area contributed by atoms with E-state index in [1.54, 1.807) is 0 Å². The third-order valence-corrected chi connectivity index (χ3v) is 3.61. The van der Waals surface area contributed by atoms with Crippen LogP contribution < -0.4 is 11.2 Å². The summed E-state index contributed by atoms with van der Waals surface area (Å²) in [6.45, 7) is 1.92. The Hall–Kier alpha value is -1.98. The molecule has 0 bridgehead atoms. The molecule has 3 N–H and O–H groups in total. The summed E-state index contributed by atoms with van der Waals surface area (Å²) in [6.07, 6.45) is 2.09. The fraction of sp³-hybridized carbons (Fsp3) is 0.0588. The molecular weight excluding hydrogens is 358 g/mol. The van der Waals surface area contributed by atoms with Gasteiger partial charge in [0.15, 0.2) is 5.11 Å². The smallest absolute Gasteiger partial charge is 0.184 e. The number of nitrogens with one attached hydrogen (secondary N) is 1. The van der Waals surface area contributed by atoms with Crippen LogP contribution in [0.25, 0.3) is 11.6 Å². The summed E-state index contributed by atoms with van der Waals surface area (Å²) in [4.78, 5) is 0. The standard InChI is InChI=1S/C17H16BrN3S/c1-12(20-21-17(19)22)16(14-5-3-2-4-6-14)11-13-7-9-15(18)10-8-13/h2-11H,1H3,(H3,19,21,22). The quantitative estimate of drug-likeness (QED) is 0.365. The molecule has 2 aromatic carbocycles. The van der Waals surface area contributed by atoms with Gasteiger partial charge in [0.25, 0.3) is 0 Å². The molecule has 0 aromatic heterocycles. The van der Waals surface area contributed by atoms with E-state index in [1.165, 1.54) is 0 Å². The highest BCUT2D eigenvalue weighted by Gasteiger charge is 2.06. The van der Waals surface area contributed by atoms with Crippen molar-refractivity contribution in [2.45, 2.75) is 6.92 Å². The first-order valence-corrected chi connectivity index (χ1v) is 7.89. The fourth-order valence-electron chi connectivity index (χ4n) is 1.94. The zero-order valence-corrected chi connectivity index (χ0v) is 14.5. The Morgan fingerprint density at radius 2 is 1.77 bits per heavy atom. The molecule has 22 heavy (non-hydrogen) atoms. The maximum absolute atomic E-state index is 5.44. The monoisotopic (exact) mass is 373 g/mol. The predicted molar refractivity (Wildman–Crippen MR) is 101 cm³/mol. The van der Waals surface area contributed by atoms with Gasteiger partial charge in [0, 0.05) is 10.0 Å². The second-order valence-corrected chi connectivity index (χ2v) is 6.00. The molecule has 0 unspecified atom stereocenters. The zero-order chi connectivity index (χ0) is 15.9. The van der Waals surface area contributed by atoms with Crippen molar-refractivity contribution in [3.8, 4) is 0 Å². The molecule has 0 heterocycles. The van der Waals surface area contributed by atoms with Crippen molar-refractivity contribution in [3.05, 3.63) is 70.2 Å². The van der Waals surface area contributed by atoms with Crippen LogP contribution in [0.5, 0.6) is 0 Å². The second-order valence-electron chi connectivity index (χ2n) is 4.65. The Bertz CT molecular complexity index is 706. The molecule has 112 valence electrons. The molecule has 0 amide bonds. The lowest BCUT2D eigenvalue weighted by Gasteiger charge is -2.09. The molecule has 0 aliphatic carbocycles. The van der Waals surface area contributed by atoms with Crippen LogP contribution >= 0.6 is 28.1 Å². The number of hydrogen-bond acceptors (Lipinski definition) is 2. The summed E-state index contributed by atoms with van der Waals surface area (Å²) >= 11 is 8.24. The molecule has 0 fully saturated rings. The number of hydrazone groups is 1. The Labute approximate surface area is 144 Å². The second kappa shape index (κ2) is 7.87. The van der Waals surface area contributed by atoms with Crippen LogP contribution in [-0.4, -0.2) is 10.8 Å². The van der Waals surface area contributed by atoms with Gasteiger partial charge in [-0.3, -0.25) is 5.43 Å². The van der Waals surface area contributed by atoms with Crippen LogP contribution in [-0.2, 0) is 0 Å². The van der Waals surface area contributed by atoms with E-state index in [1.807, 2.05) is 61.5 Å². The van der Waals surface area contributed by atoms with Gasteiger partial charge in [-0.15, -0.1) is 0 Å². The minimum absolute atomic E-state index is 0.149. The van der Waals surface area contributed by atoms with Gasteiger partial charge in [-0.05, 0) is 48.5 Å². The van der Waals surface area contributed by atoms with Crippen molar-refractivity contribution < 1.29 is 0 Å². The number of nitrogens with two attached hydrogens (primary N) is 1. The van der Waals surface area contributed by atoms with E-state index in [-0.39, 0.29) is 5.11 Å². The van der Waals surface area contributed by atoms with E-state index in [9.17, 15) is 0 Å². The summed E-state index contributed by atoms with van der Waals surface area (Å²) < 4.78 is 1.05. The molecule has 0 atom stereocenters. The average Bonchev–Trinajstić information content (AvgIpc) is 2.53.